The second-order valence-corrected chi connectivity index (χ2v) is 7.74. The Bertz CT molecular complexity index is 1350. The van der Waals surface area contributed by atoms with E-state index in [2.05, 4.69) is 21.9 Å². The number of amides is 2. The predicted octanol–water partition coefficient (Wildman–Crippen LogP) is 3.43. The van der Waals surface area contributed by atoms with Gasteiger partial charge < -0.3 is 24.3 Å². The van der Waals surface area contributed by atoms with Crippen LogP contribution in [0.2, 0.25) is 0 Å². The molecule has 0 aliphatic carbocycles. The summed E-state index contributed by atoms with van der Waals surface area (Å²) in [5.41, 5.74) is 4.67. The molecule has 0 radical (unpaired) electrons. The van der Waals surface area contributed by atoms with Crippen LogP contribution < -0.4 is 29.7 Å². The molecule has 0 saturated heterocycles. The number of nitrogens with zero attached hydrogens (tertiary/aromatic N) is 2. The van der Waals surface area contributed by atoms with Gasteiger partial charge in [-0.25, -0.2) is 5.43 Å². The van der Waals surface area contributed by atoms with Crippen LogP contribution in [-0.4, -0.2) is 45.4 Å². The monoisotopic (exact) mass is 516 g/mol. The molecule has 3 rings (SSSR count). The molecule has 2 N–H and O–H groups in total. The van der Waals surface area contributed by atoms with Crippen molar-refractivity contribution in [2.24, 2.45) is 5.10 Å². The van der Waals surface area contributed by atoms with E-state index in [0.29, 0.717) is 46.3 Å². The lowest BCUT2D eigenvalue weighted by Gasteiger charge is -2.13. The van der Waals surface area contributed by atoms with Crippen LogP contribution in [0.3, 0.4) is 0 Å². The quantitative estimate of drug-likeness (QED) is 0.278. The summed E-state index contributed by atoms with van der Waals surface area (Å²) in [4.78, 5) is 24.5. The fourth-order valence-corrected chi connectivity index (χ4v) is 3.36. The zero-order valence-corrected chi connectivity index (χ0v) is 21.3. The Balaban J connectivity index is 1.55. The summed E-state index contributed by atoms with van der Waals surface area (Å²) in [6, 6.07) is 19.3. The van der Waals surface area contributed by atoms with Crippen LogP contribution in [0, 0.1) is 11.3 Å². The van der Waals surface area contributed by atoms with Crippen LogP contribution in [0.5, 0.6) is 23.0 Å². The van der Waals surface area contributed by atoms with Crippen LogP contribution in [0.15, 0.2) is 65.8 Å². The molecule has 0 aliphatic rings. The van der Waals surface area contributed by atoms with Crippen molar-refractivity contribution in [3.8, 4) is 29.1 Å². The van der Waals surface area contributed by atoms with E-state index in [9.17, 15) is 14.9 Å². The summed E-state index contributed by atoms with van der Waals surface area (Å²) in [7, 11) is 2.97. The van der Waals surface area contributed by atoms with Gasteiger partial charge in [0.25, 0.3) is 11.8 Å². The third kappa shape index (κ3) is 7.48. The minimum atomic E-state index is -0.504. The minimum Gasteiger partial charge on any atom is -0.493 e. The summed E-state index contributed by atoms with van der Waals surface area (Å²) in [5, 5.41) is 15.7. The highest BCUT2D eigenvalue weighted by Crippen LogP contribution is 2.29. The van der Waals surface area contributed by atoms with Crippen molar-refractivity contribution in [1.29, 1.82) is 5.26 Å². The van der Waals surface area contributed by atoms with E-state index >= 15 is 0 Å². The Kier molecular flexibility index (Phi) is 10.1. The molecule has 38 heavy (non-hydrogen) atoms. The number of hydrogen-bond donors (Lipinski definition) is 2. The van der Waals surface area contributed by atoms with E-state index < -0.39 is 11.8 Å². The molecule has 0 heterocycles. The number of benzene rings is 3. The summed E-state index contributed by atoms with van der Waals surface area (Å²) in [6.45, 7) is 2.21. The fourth-order valence-electron chi connectivity index (χ4n) is 3.36. The molecule has 2 amide bonds. The van der Waals surface area contributed by atoms with Crippen molar-refractivity contribution in [2.75, 3.05) is 27.4 Å². The Hall–Kier alpha value is -5.04. The second kappa shape index (κ2) is 13.9. The van der Waals surface area contributed by atoms with Gasteiger partial charge >= 0.3 is 0 Å². The van der Waals surface area contributed by atoms with Crippen LogP contribution >= 0.6 is 0 Å². The fraction of sp³-hybridized carbons (Fsp3) is 0.214. The highest BCUT2D eigenvalue weighted by molar-refractivity contribution is 5.97. The molecule has 3 aromatic carbocycles. The van der Waals surface area contributed by atoms with E-state index in [1.54, 1.807) is 42.5 Å². The van der Waals surface area contributed by atoms with Gasteiger partial charge in [0.2, 0.25) is 0 Å². The first-order valence-corrected chi connectivity index (χ1v) is 11.7. The first-order chi connectivity index (χ1) is 18.5. The largest absolute Gasteiger partial charge is 0.493 e. The lowest BCUT2D eigenvalue weighted by molar-refractivity contribution is -0.120. The molecule has 0 saturated carbocycles. The van der Waals surface area contributed by atoms with E-state index in [1.165, 1.54) is 26.5 Å². The summed E-state index contributed by atoms with van der Waals surface area (Å²) >= 11 is 0. The molecule has 0 fully saturated rings. The van der Waals surface area contributed by atoms with Gasteiger partial charge in [-0.3, -0.25) is 9.59 Å². The maximum atomic E-state index is 12.4. The van der Waals surface area contributed by atoms with E-state index in [0.717, 1.165) is 5.56 Å². The number of carbonyl (C=O) groups excluding carboxylic acids is 2. The molecule has 0 bridgehead atoms. The third-order valence-electron chi connectivity index (χ3n) is 5.25. The molecular weight excluding hydrogens is 488 g/mol. The van der Waals surface area contributed by atoms with Crippen LogP contribution in [0.25, 0.3) is 0 Å². The van der Waals surface area contributed by atoms with Gasteiger partial charge in [0.1, 0.15) is 6.61 Å². The van der Waals surface area contributed by atoms with Gasteiger partial charge in [0.05, 0.1) is 45.2 Å². The molecule has 0 unspecified atom stereocenters. The number of carbonyl (C=O) groups is 2. The number of nitriles is 1. The molecule has 0 spiro atoms. The zero-order valence-electron chi connectivity index (χ0n) is 21.3. The summed E-state index contributed by atoms with van der Waals surface area (Å²) < 4.78 is 21.9. The Morgan fingerprint density at radius 2 is 1.71 bits per heavy atom. The van der Waals surface area contributed by atoms with Crippen molar-refractivity contribution < 1.29 is 28.5 Å². The lowest BCUT2D eigenvalue weighted by atomic mass is 10.1. The van der Waals surface area contributed by atoms with Gasteiger partial charge in [-0.1, -0.05) is 18.2 Å². The van der Waals surface area contributed by atoms with Crippen LogP contribution in [0.1, 0.15) is 34.0 Å². The van der Waals surface area contributed by atoms with Crippen molar-refractivity contribution in [3.63, 3.8) is 0 Å². The minimum absolute atomic E-state index is 0.211. The second-order valence-electron chi connectivity index (χ2n) is 7.74. The van der Waals surface area contributed by atoms with Gasteiger partial charge in [0, 0.05) is 11.1 Å². The molecule has 3 aromatic rings. The summed E-state index contributed by atoms with van der Waals surface area (Å²) in [6.07, 6.45) is 1.45. The van der Waals surface area contributed by atoms with Gasteiger partial charge in [0.15, 0.2) is 23.0 Å². The van der Waals surface area contributed by atoms with E-state index in [4.69, 9.17) is 18.9 Å². The smallest absolute Gasteiger partial charge is 0.259 e. The van der Waals surface area contributed by atoms with E-state index in [1.807, 2.05) is 19.1 Å². The molecule has 0 aliphatic heterocycles. The van der Waals surface area contributed by atoms with Crippen LogP contribution in [-0.2, 0) is 11.4 Å². The maximum Gasteiger partial charge on any atom is 0.259 e. The average molecular weight is 517 g/mol. The van der Waals surface area contributed by atoms with Gasteiger partial charge in [-0.15, -0.1) is 0 Å². The Morgan fingerprint density at radius 1 is 0.947 bits per heavy atom. The number of rotatable bonds is 12. The molecule has 10 nitrogen and oxygen atoms in total. The average Bonchev–Trinajstić information content (AvgIpc) is 2.95. The lowest BCUT2D eigenvalue weighted by Crippen LogP contribution is -2.34. The SMILES string of the molecule is CCOc1cc(C=NNC(=O)CNC(=O)c2ccc(OC)c(OC)c2)ccc1OCc1ccccc1C#N. The van der Waals surface area contributed by atoms with Crippen molar-refractivity contribution in [1.82, 2.24) is 10.7 Å². The molecule has 196 valence electrons. The third-order valence-corrected chi connectivity index (χ3v) is 5.25. The molecule has 10 heteroatoms. The Morgan fingerprint density at radius 3 is 2.45 bits per heavy atom. The first kappa shape index (κ1) is 27.5. The highest BCUT2D eigenvalue weighted by Gasteiger charge is 2.12. The maximum absolute atomic E-state index is 12.4. The molecular formula is C28H28N4O6. The summed E-state index contributed by atoms with van der Waals surface area (Å²) in [5.74, 6) is 0.963. The normalized spacial score (nSPS) is 10.4. The Labute approximate surface area is 220 Å². The molecule has 0 aromatic heterocycles. The predicted molar refractivity (Wildman–Crippen MR) is 141 cm³/mol. The van der Waals surface area contributed by atoms with Gasteiger partial charge in [-0.2, -0.15) is 10.4 Å². The topological polar surface area (TPSA) is 131 Å². The number of methoxy groups -OCH3 is 2. The van der Waals surface area contributed by atoms with Crippen molar-refractivity contribution in [2.45, 2.75) is 13.5 Å². The van der Waals surface area contributed by atoms with Crippen LogP contribution in [0.4, 0.5) is 0 Å². The standard InChI is InChI=1S/C28H28N4O6/c1-4-37-26-13-19(9-11-24(26)38-18-22-8-6-5-7-21(22)15-29)16-31-32-27(33)17-30-28(34)20-10-12-23(35-2)25(14-20)36-3/h5-14,16H,4,17-18H2,1-3H3,(H,30,34)(H,32,33). The van der Waals surface area contributed by atoms with Crippen molar-refractivity contribution in [3.05, 3.63) is 82.9 Å². The first-order valence-electron chi connectivity index (χ1n) is 11.7. The zero-order chi connectivity index (χ0) is 27.3. The number of nitrogens with one attached hydrogen (secondary N) is 2. The van der Waals surface area contributed by atoms with Crippen molar-refractivity contribution >= 4 is 18.0 Å². The number of hydrogen-bond acceptors (Lipinski definition) is 8. The number of hydrazone groups is 1. The van der Waals surface area contributed by atoms with Gasteiger partial charge in [-0.05, 0) is 55.0 Å². The highest BCUT2D eigenvalue weighted by atomic mass is 16.5. The number of ether oxygens (including phenoxy) is 4. The van der Waals surface area contributed by atoms with E-state index in [-0.39, 0.29) is 13.2 Å². The molecule has 0 atom stereocenters.